The fourth-order valence-electron chi connectivity index (χ4n) is 3.56. The van der Waals surface area contributed by atoms with Gasteiger partial charge in [-0.1, -0.05) is 54.2 Å². The minimum atomic E-state index is 0.00272. The van der Waals surface area contributed by atoms with Crippen LogP contribution in [0.2, 0.25) is 0 Å². The van der Waals surface area contributed by atoms with Crippen LogP contribution in [-0.4, -0.2) is 38.0 Å². The minimum Gasteiger partial charge on any atom is -0.361 e. The summed E-state index contributed by atoms with van der Waals surface area (Å²) in [7, 11) is 0. The average Bonchev–Trinajstić information content (AvgIpc) is 3.36. The molecule has 0 atom stereocenters. The summed E-state index contributed by atoms with van der Waals surface area (Å²) < 4.78 is 2.06. The van der Waals surface area contributed by atoms with Gasteiger partial charge in [-0.05, 0) is 37.5 Å². The van der Waals surface area contributed by atoms with E-state index in [0.29, 0.717) is 12.3 Å². The minimum absolute atomic E-state index is 0.00272. The van der Waals surface area contributed by atoms with Crippen LogP contribution in [0.15, 0.2) is 59.9 Å². The summed E-state index contributed by atoms with van der Waals surface area (Å²) in [5.74, 6) is 1.17. The number of carbonyl (C=O) groups excluding carboxylic acids is 1. The first kappa shape index (κ1) is 20.2. The van der Waals surface area contributed by atoms with Gasteiger partial charge in [0.1, 0.15) is 0 Å². The molecule has 2 heterocycles. The zero-order valence-corrected chi connectivity index (χ0v) is 18.0. The molecule has 4 rings (SSSR count). The Bertz CT molecular complexity index is 1160. The Morgan fingerprint density at radius 1 is 1.13 bits per heavy atom. The van der Waals surface area contributed by atoms with Crippen LogP contribution in [-0.2, 0) is 17.8 Å². The number of amides is 1. The van der Waals surface area contributed by atoms with Crippen LogP contribution >= 0.6 is 11.8 Å². The molecule has 30 heavy (non-hydrogen) atoms. The number of aryl methyl sites for hydroxylation is 1. The Morgan fingerprint density at radius 2 is 1.93 bits per heavy atom. The van der Waals surface area contributed by atoms with Crippen molar-refractivity contribution in [2.24, 2.45) is 0 Å². The van der Waals surface area contributed by atoms with Gasteiger partial charge in [-0.25, -0.2) is 0 Å². The zero-order chi connectivity index (χ0) is 20.9. The molecule has 0 aliphatic heterocycles. The molecule has 0 saturated heterocycles. The highest BCUT2D eigenvalue weighted by molar-refractivity contribution is 7.99. The van der Waals surface area contributed by atoms with Crippen molar-refractivity contribution in [1.82, 2.24) is 25.1 Å². The largest absolute Gasteiger partial charge is 0.361 e. The molecule has 0 saturated carbocycles. The smallest absolute Gasteiger partial charge is 0.230 e. The highest BCUT2D eigenvalue weighted by atomic mass is 32.2. The number of aromatic amines is 1. The topological polar surface area (TPSA) is 75.6 Å². The summed E-state index contributed by atoms with van der Waals surface area (Å²) in [4.78, 5) is 15.6. The number of H-pyrrole nitrogens is 1. The van der Waals surface area contributed by atoms with Gasteiger partial charge < -0.3 is 14.9 Å². The number of hydrogen-bond donors (Lipinski definition) is 2. The Hall–Kier alpha value is -3.06. The first-order chi connectivity index (χ1) is 14.7. The van der Waals surface area contributed by atoms with Crippen molar-refractivity contribution in [2.45, 2.75) is 32.0 Å². The molecule has 2 N–H and O–H groups in total. The van der Waals surface area contributed by atoms with Crippen molar-refractivity contribution in [1.29, 1.82) is 0 Å². The molecular weight excluding hydrogens is 394 g/mol. The Kier molecular flexibility index (Phi) is 6.18. The van der Waals surface area contributed by atoms with E-state index in [-0.39, 0.29) is 5.91 Å². The average molecular weight is 420 g/mol. The fraction of sp³-hybridized carbons (Fsp3) is 0.261. The summed E-state index contributed by atoms with van der Waals surface area (Å²) in [6.45, 7) is 5.49. The normalized spacial score (nSPS) is 11.1. The van der Waals surface area contributed by atoms with E-state index in [4.69, 9.17) is 0 Å². The number of carbonyl (C=O) groups is 1. The predicted molar refractivity (Wildman–Crippen MR) is 122 cm³/mol. The number of hydrogen-bond acceptors (Lipinski definition) is 4. The summed E-state index contributed by atoms with van der Waals surface area (Å²) >= 11 is 1.42. The van der Waals surface area contributed by atoms with Crippen LogP contribution in [0.25, 0.3) is 22.3 Å². The van der Waals surface area contributed by atoms with E-state index in [1.54, 1.807) is 0 Å². The first-order valence-electron chi connectivity index (χ1n) is 10.1. The van der Waals surface area contributed by atoms with Crippen molar-refractivity contribution in [2.75, 3.05) is 12.3 Å². The quantitative estimate of drug-likeness (QED) is 0.420. The molecule has 0 fully saturated rings. The third kappa shape index (κ3) is 4.26. The maximum atomic E-state index is 12.3. The molecule has 2 aromatic heterocycles. The summed E-state index contributed by atoms with van der Waals surface area (Å²) in [5, 5.41) is 13.7. The molecule has 4 aromatic rings. The second-order valence-corrected chi connectivity index (χ2v) is 8.06. The fourth-order valence-corrected chi connectivity index (χ4v) is 4.39. The monoisotopic (exact) mass is 419 g/mol. The van der Waals surface area contributed by atoms with Crippen LogP contribution in [0.3, 0.4) is 0 Å². The Morgan fingerprint density at radius 3 is 2.77 bits per heavy atom. The van der Waals surface area contributed by atoms with Gasteiger partial charge in [-0.15, -0.1) is 10.2 Å². The second kappa shape index (κ2) is 9.17. The molecule has 0 spiro atoms. The third-order valence-corrected chi connectivity index (χ3v) is 6.11. The molecule has 6 nitrogen and oxygen atoms in total. The molecule has 1 amide bonds. The van der Waals surface area contributed by atoms with E-state index >= 15 is 0 Å². The van der Waals surface area contributed by atoms with Crippen molar-refractivity contribution < 1.29 is 4.79 Å². The third-order valence-electron chi connectivity index (χ3n) is 5.14. The number of rotatable bonds is 8. The summed E-state index contributed by atoms with van der Waals surface area (Å²) in [5.41, 5.74) is 4.57. The van der Waals surface area contributed by atoms with Gasteiger partial charge in [0.15, 0.2) is 11.0 Å². The van der Waals surface area contributed by atoms with Crippen molar-refractivity contribution >= 4 is 28.6 Å². The number of nitrogens with zero attached hydrogens (tertiary/aromatic N) is 3. The Balaban J connectivity index is 1.33. The standard InChI is InChI=1S/C23H25N5OS/c1-3-28-22(18-9-5-4-8-16(18)2)26-27-23(28)30-15-21(29)24-13-12-17-14-25-20-11-7-6-10-19(17)20/h4-11,14,25H,3,12-13,15H2,1-2H3,(H,24,29). The molecule has 0 unspecified atom stereocenters. The van der Waals surface area contributed by atoms with Gasteiger partial charge in [-0.3, -0.25) is 4.79 Å². The van der Waals surface area contributed by atoms with Crippen LogP contribution in [0.5, 0.6) is 0 Å². The zero-order valence-electron chi connectivity index (χ0n) is 17.2. The number of nitrogens with one attached hydrogen (secondary N) is 2. The maximum Gasteiger partial charge on any atom is 0.230 e. The van der Waals surface area contributed by atoms with Gasteiger partial charge in [0, 0.05) is 35.8 Å². The lowest BCUT2D eigenvalue weighted by Crippen LogP contribution is -2.27. The van der Waals surface area contributed by atoms with Crippen LogP contribution in [0.4, 0.5) is 0 Å². The van der Waals surface area contributed by atoms with Gasteiger partial charge >= 0.3 is 0 Å². The van der Waals surface area contributed by atoms with Crippen molar-refractivity contribution in [3.63, 3.8) is 0 Å². The van der Waals surface area contributed by atoms with E-state index in [2.05, 4.69) is 63.2 Å². The molecular formula is C23H25N5OS. The van der Waals surface area contributed by atoms with Gasteiger partial charge in [0.25, 0.3) is 0 Å². The second-order valence-electron chi connectivity index (χ2n) is 7.11. The predicted octanol–water partition coefficient (Wildman–Crippen LogP) is 4.21. The number of para-hydroxylation sites is 1. The van der Waals surface area contributed by atoms with Gasteiger partial charge in [0.2, 0.25) is 5.91 Å². The van der Waals surface area contributed by atoms with Gasteiger partial charge in [-0.2, -0.15) is 0 Å². The highest BCUT2D eigenvalue weighted by Gasteiger charge is 2.15. The summed E-state index contributed by atoms with van der Waals surface area (Å²) in [6, 6.07) is 16.3. The molecule has 0 aliphatic rings. The van der Waals surface area contributed by atoms with E-state index in [0.717, 1.165) is 40.6 Å². The number of benzene rings is 2. The van der Waals surface area contributed by atoms with E-state index in [1.165, 1.54) is 22.7 Å². The molecule has 2 aromatic carbocycles. The Labute approximate surface area is 180 Å². The van der Waals surface area contributed by atoms with Crippen LogP contribution in [0.1, 0.15) is 18.1 Å². The lowest BCUT2D eigenvalue weighted by molar-refractivity contribution is -0.118. The lowest BCUT2D eigenvalue weighted by atomic mass is 10.1. The molecule has 0 bridgehead atoms. The highest BCUT2D eigenvalue weighted by Crippen LogP contribution is 2.26. The summed E-state index contributed by atoms with van der Waals surface area (Å²) in [6.07, 6.45) is 2.81. The van der Waals surface area contributed by atoms with Crippen LogP contribution < -0.4 is 5.32 Å². The number of thioether (sulfide) groups is 1. The lowest BCUT2D eigenvalue weighted by Gasteiger charge is -2.09. The van der Waals surface area contributed by atoms with Crippen molar-refractivity contribution in [3.05, 3.63) is 65.9 Å². The van der Waals surface area contributed by atoms with Gasteiger partial charge in [0.05, 0.1) is 5.75 Å². The van der Waals surface area contributed by atoms with E-state index < -0.39 is 0 Å². The van der Waals surface area contributed by atoms with E-state index in [1.807, 2.05) is 30.5 Å². The first-order valence-corrected chi connectivity index (χ1v) is 11.1. The van der Waals surface area contributed by atoms with E-state index in [9.17, 15) is 4.79 Å². The number of fused-ring (bicyclic) bond motifs is 1. The molecule has 7 heteroatoms. The molecule has 0 aliphatic carbocycles. The maximum absolute atomic E-state index is 12.3. The van der Waals surface area contributed by atoms with Crippen molar-refractivity contribution in [3.8, 4) is 11.4 Å². The van der Waals surface area contributed by atoms with Crippen LogP contribution in [0, 0.1) is 6.92 Å². The molecule has 154 valence electrons. The number of aromatic nitrogens is 4. The SMILES string of the molecule is CCn1c(SCC(=O)NCCc2c[nH]c3ccccc23)nnc1-c1ccccc1C. The molecule has 0 radical (unpaired) electrons.